The number of carbonyl (C=O) groups is 3. The summed E-state index contributed by atoms with van der Waals surface area (Å²) >= 11 is 0. The van der Waals surface area contributed by atoms with Crippen molar-refractivity contribution in [2.24, 2.45) is 0 Å². The molecule has 7 heteroatoms. The van der Waals surface area contributed by atoms with Crippen LogP contribution >= 0.6 is 0 Å². The molecule has 1 aliphatic rings. The largest absolute Gasteiger partial charge is 0.337 e. The highest BCUT2D eigenvalue weighted by Crippen LogP contribution is 2.12. The molecule has 1 atom stereocenters. The Kier molecular flexibility index (Phi) is 7.78. The van der Waals surface area contributed by atoms with Crippen molar-refractivity contribution in [1.29, 1.82) is 0 Å². The van der Waals surface area contributed by atoms with Crippen molar-refractivity contribution in [1.82, 2.24) is 20.4 Å². The molecule has 31 heavy (non-hydrogen) atoms. The summed E-state index contributed by atoms with van der Waals surface area (Å²) in [6, 6.07) is 16.1. The molecule has 1 aliphatic heterocycles. The smallest absolute Gasteiger partial charge is 0.321 e. The topological polar surface area (TPSA) is 81.8 Å². The highest BCUT2D eigenvalue weighted by atomic mass is 16.2. The molecule has 0 spiro atoms. The van der Waals surface area contributed by atoms with Crippen LogP contribution in [0.25, 0.3) is 0 Å². The molecule has 1 fully saturated rings. The zero-order valence-corrected chi connectivity index (χ0v) is 18.1. The van der Waals surface area contributed by atoms with E-state index in [1.165, 1.54) is 0 Å². The maximum atomic E-state index is 12.8. The third-order valence-corrected chi connectivity index (χ3v) is 5.54. The molecule has 1 heterocycles. The second-order valence-corrected chi connectivity index (χ2v) is 7.88. The van der Waals surface area contributed by atoms with E-state index >= 15 is 0 Å². The number of nitrogens with zero attached hydrogens (tertiary/aromatic N) is 2. The van der Waals surface area contributed by atoms with Gasteiger partial charge >= 0.3 is 6.03 Å². The van der Waals surface area contributed by atoms with Gasteiger partial charge in [0.15, 0.2) is 0 Å². The Labute approximate surface area is 183 Å². The molecular weight excluding hydrogens is 392 g/mol. The van der Waals surface area contributed by atoms with Crippen LogP contribution in [0, 0.1) is 6.92 Å². The van der Waals surface area contributed by atoms with E-state index in [2.05, 4.69) is 10.6 Å². The van der Waals surface area contributed by atoms with Crippen LogP contribution in [0.1, 0.15) is 34.8 Å². The average Bonchev–Trinajstić information content (AvgIpc) is 3.03. The van der Waals surface area contributed by atoms with E-state index in [9.17, 15) is 14.4 Å². The van der Waals surface area contributed by atoms with Crippen molar-refractivity contribution in [2.45, 2.75) is 32.9 Å². The van der Waals surface area contributed by atoms with Gasteiger partial charge in [-0.1, -0.05) is 48.0 Å². The molecule has 0 saturated carbocycles. The molecule has 0 bridgehead atoms. The second kappa shape index (κ2) is 10.7. The average molecular weight is 423 g/mol. The van der Waals surface area contributed by atoms with E-state index in [1.54, 1.807) is 6.92 Å². The molecule has 0 radical (unpaired) electrons. The van der Waals surface area contributed by atoms with Crippen molar-refractivity contribution < 1.29 is 14.4 Å². The molecule has 2 aromatic rings. The summed E-state index contributed by atoms with van der Waals surface area (Å²) in [6.07, 6.45) is 0.773. The van der Waals surface area contributed by atoms with Crippen LogP contribution in [0.5, 0.6) is 0 Å². The number of rotatable bonds is 5. The van der Waals surface area contributed by atoms with Crippen molar-refractivity contribution in [3.8, 4) is 0 Å². The normalized spacial score (nSPS) is 15.6. The van der Waals surface area contributed by atoms with E-state index in [0.29, 0.717) is 38.3 Å². The van der Waals surface area contributed by atoms with Gasteiger partial charge in [0.25, 0.3) is 5.91 Å². The van der Waals surface area contributed by atoms with Crippen molar-refractivity contribution in [3.05, 3.63) is 71.3 Å². The predicted octanol–water partition coefficient (Wildman–Crippen LogP) is 2.56. The first-order valence-corrected chi connectivity index (χ1v) is 10.7. The fourth-order valence-electron chi connectivity index (χ4n) is 3.69. The number of hydrogen-bond donors (Lipinski definition) is 2. The van der Waals surface area contributed by atoms with E-state index < -0.39 is 12.1 Å². The lowest BCUT2D eigenvalue weighted by molar-refractivity contribution is -0.124. The summed E-state index contributed by atoms with van der Waals surface area (Å²) < 4.78 is 0. The fraction of sp³-hybridized carbons (Fsp3) is 0.375. The van der Waals surface area contributed by atoms with Crippen LogP contribution in [-0.4, -0.2) is 59.9 Å². The van der Waals surface area contributed by atoms with Gasteiger partial charge in [0.1, 0.15) is 0 Å². The zero-order chi connectivity index (χ0) is 22.2. The summed E-state index contributed by atoms with van der Waals surface area (Å²) in [5.74, 6) is -0.327. The maximum absolute atomic E-state index is 12.8. The summed E-state index contributed by atoms with van der Waals surface area (Å²) in [6.45, 7) is 6.58. The number of hydrogen-bond acceptors (Lipinski definition) is 4. The van der Waals surface area contributed by atoms with E-state index in [-0.39, 0.29) is 11.8 Å². The molecule has 1 saturated heterocycles. The van der Waals surface area contributed by atoms with E-state index in [4.69, 9.17) is 0 Å². The molecule has 0 aliphatic carbocycles. The van der Waals surface area contributed by atoms with Crippen molar-refractivity contribution in [2.75, 3.05) is 26.2 Å². The molecule has 1 unspecified atom stereocenters. The third-order valence-electron chi connectivity index (χ3n) is 5.54. The summed E-state index contributed by atoms with van der Waals surface area (Å²) in [7, 11) is 0. The van der Waals surface area contributed by atoms with Crippen LogP contribution in [0.3, 0.4) is 0 Å². The Balaban J connectivity index is 1.49. The van der Waals surface area contributed by atoms with E-state index in [1.807, 2.05) is 71.3 Å². The minimum atomic E-state index is -0.508. The Morgan fingerprint density at radius 2 is 1.74 bits per heavy atom. The second-order valence-electron chi connectivity index (χ2n) is 7.88. The van der Waals surface area contributed by atoms with Crippen LogP contribution in [0.15, 0.2) is 54.6 Å². The first-order valence-electron chi connectivity index (χ1n) is 10.7. The SMILES string of the molecule is Cc1cccc(C(=O)N2CCCN(C(C)C(=O)NC(=O)NCc3ccccc3)CC2)c1. The van der Waals surface area contributed by atoms with Crippen LogP contribution < -0.4 is 10.6 Å². The number of benzene rings is 2. The Morgan fingerprint density at radius 1 is 0.968 bits per heavy atom. The van der Waals surface area contributed by atoms with Gasteiger partial charge in [-0.3, -0.25) is 19.8 Å². The predicted molar refractivity (Wildman–Crippen MR) is 120 cm³/mol. The fourth-order valence-corrected chi connectivity index (χ4v) is 3.69. The van der Waals surface area contributed by atoms with Crippen LogP contribution in [-0.2, 0) is 11.3 Å². The number of carbonyl (C=O) groups excluding carboxylic acids is 3. The lowest BCUT2D eigenvalue weighted by Crippen LogP contribution is -2.50. The maximum Gasteiger partial charge on any atom is 0.321 e. The first kappa shape index (κ1) is 22.5. The summed E-state index contributed by atoms with van der Waals surface area (Å²) in [4.78, 5) is 41.3. The van der Waals surface area contributed by atoms with Gasteiger partial charge in [0, 0.05) is 38.3 Å². The van der Waals surface area contributed by atoms with Gasteiger partial charge < -0.3 is 10.2 Å². The molecule has 7 nitrogen and oxygen atoms in total. The van der Waals surface area contributed by atoms with Crippen LogP contribution in [0.4, 0.5) is 4.79 Å². The van der Waals surface area contributed by atoms with Gasteiger partial charge in [0.05, 0.1) is 6.04 Å². The standard InChI is InChI=1S/C24H30N4O3/c1-18-8-6-11-21(16-18)23(30)28-13-7-12-27(14-15-28)19(2)22(29)26-24(31)25-17-20-9-4-3-5-10-20/h3-6,8-11,16,19H,7,12-15,17H2,1-2H3,(H2,25,26,29,31). The monoisotopic (exact) mass is 422 g/mol. The van der Waals surface area contributed by atoms with Gasteiger partial charge in [-0.25, -0.2) is 4.79 Å². The zero-order valence-electron chi connectivity index (χ0n) is 18.1. The summed E-state index contributed by atoms with van der Waals surface area (Å²) in [5.41, 5.74) is 2.71. The third kappa shape index (κ3) is 6.39. The molecule has 0 aromatic heterocycles. The number of amides is 4. The Hall–Kier alpha value is -3.19. The van der Waals surface area contributed by atoms with Gasteiger partial charge in [0.2, 0.25) is 5.91 Å². The molecule has 3 rings (SSSR count). The Bertz CT molecular complexity index is 916. The van der Waals surface area contributed by atoms with Gasteiger partial charge in [-0.15, -0.1) is 0 Å². The molecule has 164 valence electrons. The quantitative estimate of drug-likeness (QED) is 0.776. The van der Waals surface area contributed by atoms with Gasteiger partial charge in [-0.05, 0) is 38.0 Å². The molecule has 4 amide bonds. The van der Waals surface area contributed by atoms with Gasteiger partial charge in [-0.2, -0.15) is 0 Å². The van der Waals surface area contributed by atoms with Crippen molar-refractivity contribution >= 4 is 17.8 Å². The lowest BCUT2D eigenvalue weighted by atomic mass is 10.1. The molecular formula is C24H30N4O3. The summed E-state index contributed by atoms with van der Waals surface area (Å²) in [5, 5.41) is 5.12. The van der Waals surface area contributed by atoms with E-state index in [0.717, 1.165) is 17.5 Å². The molecule has 2 N–H and O–H groups in total. The lowest BCUT2D eigenvalue weighted by Gasteiger charge is -2.26. The highest BCUT2D eigenvalue weighted by molar-refractivity contribution is 5.97. The minimum absolute atomic E-state index is 0.0166. The highest BCUT2D eigenvalue weighted by Gasteiger charge is 2.27. The first-order chi connectivity index (χ1) is 14.9. The van der Waals surface area contributed by atoms with Crippen LogP contribution in [0.2, 0.25) is 0 Å². The Morgan fingerprint density at radius 3 is 2.48 bits per heavy atom. The number of urea groups is 1. The number of imide groups is 1. The number of nitrogens with one attached hydrogen (secondary N) is 2. The van der Waals surface area contributed by atoms with Crippen molar-refractivity contribution in [3.63, 3.8) is 0 Å². The number of aryl methyl sites for hydroxylation is 1. The molecule has 2 aromatic carbocycles. The minimum Gasteiger partial charge on any atom is -0.337 e.